The molecule has 0 saturated heterocycles. The molecule has 0 fully saturated rings. The highest BCUT2D eigenvalue weighted by Crippen LogP contribution is 2.21. The second kappa shape index (κ2) is 4.50. The zero-order valence-electron chi connectivity index (χ0n) is 9.15. The molecule has 0 heterocycles. The van der Waals surface area contributed by atoms with Gasteiger partial charge in [0.15, 0.2) is 0 Å². The summed E-state index contributed by atoms with van der Waals surface area (Å²) in [6.07, 6.45) is 0.885. The van der Waals surface area contributed by atoms with Crippen LogP contribution in [-0.2, 0) is 14.8 Å². The van der Waals surface area contributed by atoms with Gasteiger partial charge < -0.3 is 0 Å². The predicted molar refractivity (Wildman–Crippen MR) is 61.1 cm³/mol. The summed E-state index contributed by atoms with van der Waals surface area (Å²) in [5, 5.41) is 10.4. The summed E-state index contributed by atoms with van der Waals surface area (Å²) in [5.41, 5.74) is -0.101. The van der Waals surface area contributed by atoms with Gasteiger partial charge in [-0.05, 0) is 12.1 Å². The number of anilines is 1. The van der Waals surface area contributed by atoms with Crippen molar-refractivity contribution in [3.63, 3.8) is 0 Å². The number of benzene rings is 1. The van der Waals surface area contributed by atoms with Crippen LogP contribution < -0.4 is 4.31 Å². The van der Waals surface area contributed by atoms with Crippen molar-refractivity contribution in [1.29, 1.82) is 0 Å². The Balaban J connectivity index is 3.22. The topological polar surface area (TPSA) is 97.6 Å². The molecular weight excluding hydrogens is 248 g/mol. The Bertz CT molecular complexity index is 549. The van der Waals surface area contributed by atoms with Crippen molar-refractivity contribution in [2.45, 2.75) is 6.92 Å². The molecule has 0 unspecified atom stereocenters. The Morgan fingerprint density at radius 2 is 1.76 bits per heavy atom. The third kappa shape index (κ3) is 3.00. The highest BCUT2D eigenvalue weighted by molar-refractivity contribution is 7.92. The molecule has 0 aliphatic carbocycles. The lowest BCUT2D eigenvalue weighted by atomic mass is 10.3. The van der Waals surface area contributed by atoms with E-state index in [1.54, 1.807) is 0 Å². The van der Waals surface area contributed by atoms with Crippen LogP contribution in [0.5, 0.6) is 0 Å². The van der Waals surface area contributed by atoms with Crippen LogP contribution in [0.25, 0.3) is 0 Å². The predicted octanol–water partition coefficient (Wildman–Crippen LogP) is 0.907. The van der Waals surface area contributed by atoms with E-state index in [0.29, 0.717) is 4.31 Å². The molecule has 0 aliphatic heterocycles. The Kier molecular flexibility index (Phi) is 3.47. The average Bonchev–Trinajstić information content (AvgIpc) is 2.15. The number of nitrogens with zero attached hydrogens (tertiary/aromatic N) is 2. The van der Waals surface area contributed by atoms with Gasteiger partial charge in [-0.3, -0.25) is 14.9 Å². The van der Waals surface area contributed by atoms with Crippen molar-refractivity contribution in [1.82, 2.24) is 0 Å². The maximum Gasteiger partial charge on any atom is 0.269 e. The molecule has 92 valence electrons. The van der Waals surface area contributed by atoms with Gasteiger partial charge in [0.2, 0.25) is 15.9 Å². The van der Waals surface area contributed by atoms with Crippen LogP contribution in [0.1, 0.15) is 6.92 Å². The molecule has 17 heavy (non-hydrogen) atoms. The quantitative estimate of drug-likeness (QED) is 0.592. The first-order valence-electron chi connectivity index (χ1n) is 4.49. The van der Waals surface area contributed by atoms with Crippen LogP contribution in [0.4, 0.5) is 11.4 Å². The number of nitro benzene ring substituents is 1. The van der Waals surface area contributed by atoms with Gasteiger partial charge in [0, 0.05) is 19.1 Å². The SMILES string of the molecule is CC(=O)N(c1ccc([N+](=O)[O-])cc1)S(C)(=O)=O. The number of non-ortho nitro benzene ring substituents is 1. The van der Waals surface area contributed by atoms with E-state index in [-0.39, 0.29) is 11.4 Å². The Hall–Kier alpha value is -1.96. The molecule has 0 atom stereocenters. The molecule has 8 heteroatoms. The molecule has 0 bridgehead atoms. The fourth-order valence-electron chi connectivity index (χ4n) is 1.32. The minimum Gasteiger partial charge on any atom is -0.274 e. The number of amides is 1. The van der Waals surface area contributed by atoms with Crippen LogP contribution in [-0.4, -0.2) is 25.5 Å². The lowest BCUT2D eigenvalue weighted by Crippen LogP contribution is -2.34. The molecule has 1 aromatic rings. The lowest BCUT2D eigenvalue weighted by molar-refractivity contribution is -0.384. The summed E-state index contributed by atoms with van der Waals surface area (Å²) in [7, 11) is -3.74. The largest absolute Gasteiger partial charge is 0.274 e. The molecule has 0 radical (unpaired) electrons. The van der Waals surface area contributed by atoms with E-state index in [1.807, 2.05) is 0 Å². The minimum absolute atomic E-state index is 0.0746. The fourth-order valence-corrected chi connectivity index (χ4v) is 2.29. The maximum atomic E-state index is 11.4. The van der Waals surface area contributed by atoms with Crippen LogP contribution in [0, 0.1) is 10.1 Å². The van der Waals surface area contributed by atoms with Crippen LogP contribution in [0.2, 0.25) is 0 Å². The zero-order valence-corrected chi connectivity index (χ0v) is 9.97. The van der Waals surface area contributed by atoms with Crippen molar-refractivity contribution in [2.75, 3.05) is 10.6 Å². The van der Waals surface area contributed by atoms with E-state index < -0.39 is 20.9 Å². The maximum absolute atomic E-state index is 11.4. The van der Waals surface area contributed by atoms with E-state index in [9.17, 15) is 23.3 Å². The summed E-state index contributed by atoms with van der Waals surface area (Å²) < 4.78 is 23.3. The number of carbonyl (C=O) groups is 1. The van der Waals surface area contributed by atoms with E-state index in [4.69, 9.17) is 0 Å². The molecular formula is C9H10N2O5S. The Morgan fingerprint density at radius 1 is 1.29 bits per heavy atom. The van der Waals surface area contributed by atoms with Gasteiger partial charge in [0.05, 0.1) is 16.9 Å². The van der Waals surface area contributed by atoms with E-state index in [0.717, 1.165) is 25.3 Å². The Labute approximate surface area is 97.9 Å². The highest BCUT2D eigenvalue weighted by Gasteiger charge is 2.22. The molecule has 0 N–H and O–H groups in total. The third-order valence-corrected chi connectivity index (χ3v) is 3.04. The van der Waals surface area contributed by atoms with Crippen molar-refractivity contribution < 1.29 is 18.1 Å². The first kappa shape index (κ1) is 13.1. The van der Waals surface area contributed by atoms with Crippen molar-refractivity contribution >= 4 is 27.3 Å². The van der Waals surface area contributed by atoms with Gasteiger partial charge in [-0.25, -0.2) is 12.7 Å². The Morgan fingerprint density at radius 3 is 2.06 bits per heavy atom. The van der Waals surface area contributed by atoms with Crippen molar-refractivity contribution in [2.24, 2.45) is 0 Å². The van der Waals surface area contributed by atoms with Crippen LogP contribution >= 0.6 is 0 Å². The standard InChI is InChI=1S/C9H10N2O5S/c1-7(12)10(17(2,15)16)8-3-5-9(6-4-8)11(13)14/h3-6H,1-2H3. The summed E-state index contributed by atoms with van der Waals surface area (Å²) >= 11 is 0. The number of hydrogen-bond acceptors (Lipinski definition) is 5. The highest BCUT2D eigenvalue weighted by atomic mass is 32.2. The van der Waals surface area contributed by atoms with Gasteiger partial charge in [-0.1, -0.05) is 0 Å². The number of nitro groups is 1. The monoisotopic (exact) mass is 258 g/mol. The number of carbonyl (C=O) groups excluding carboxylic acids is 1. The first-order valence-corrected chi connectivity index (χ1v) is 6.33. The van der Waals surface area contributed by atoms with E-state index in [1.165, 1.54) is 12.1 Å². The number of hydrogen-bond donors (Lipinski definition) is 0. The second-order valence-corrected chi connectivity index (χ2v) is 5.15. The molecule has 0 spiro atoms. The van der Waals surface area contributed by atoms with Crippen molar-refractivity contribution in [3.05, 3.63) is 34.4 Å². The second-order valence-electron chi connectivity index (χ2n) is 3.32. The lowest BCUT2D eigenvalue weighted by Gasteiger charge is -2.17. The van der Waals surface area contributed by atoms with Gasteiger partial charge >= 0.3 is 0 Å². The molecule has 1 rings (SSSR count). The summed E-state index contributed by atoms with van der Waals surface area (Å²) in [4.78, 5) is 21.0. The summed E-state index contributed by atoms with van der Waals surface area (Å²) in [5.74, 6) is -0.679. The third-order valence-electron chi connectivity index (χ3n) is 1.91. The fraction of sp³-hybridized carbons (Fsp3) is 0.222. The first-order chi connectivity index (χ1) is 7.73. The van der Waals surface area contributed by atoms with Gasteiger partial charge in [-0.15, -0.1) is 0 Å². The number of sulfonamides is 1. The molecule has 1 aromatic carbocycles. The van der Waals surface area contributed by atoms with Gasteiger partial charge in [0.25, 0.3) is 5.69 Å². The normalized spacial score (nSPS) is 10.9. The molecule has 0 aromatic heterocycles. The van der Waals surface area contributed by atoms with Crippen LogP contribution in [0.3, 0.4) is 0 Å². The van der Waals surface area contributed by atoms with E-state index >= 15 is 0 Å². The summed E-state index contributed by atoms with van der Waals surface area (Å²) in [6.45, 7) is 1.10. The minimum atomic E-state index is -3.74. The number of rotatable bonds is 3. The van der Waals surface area contributed by atoms with Gasteiger partial charge in [-0.2, -0.15) is 0 Å². The molecule has 7 nitrogen and oxygen atoms in total. The molecule has 0 aliphatic rings. The van der Waals surface area contributed by atoms with Crippen LogP contribution in [0.15, 0.2) is 24.3 Å². The smallest absolute Gasteiger partial charge is 0.269 e. The zero-order chi connectivity index (χ0) is 13.2. The molecule has 0 saturated carbocycles. The average molecular weight is 258 g/mol. The summed E-state index contributed by atoms with van der Waals surface area (Å²) in [6, 6.07) is 4.69. The van der Waals surface area contributed by atoms with E-state index in [2.05, 4.69) is 0 Å². The van der Waals surface area contributed by atoms with Gasteiger partial charge in [0.1, 0.15) is 0 Å². The van der Waals surface area contributed by atoms with Crippen molar-refractivity contribution in [3.8, 4) is 0 Å². The molecule has 1 amide bonds.